The molecular formula is C21H27FN4O2S. The standard InChI is InChI=1S/C21H27FN4O2S/c1-14-12-26(13-15(2)28-14)20(27)17-7-9-25(10-8-17)21-24-23-19(29-21)11-16-3-5-18(22)6-4-16/h3-6,14-15,17H,7-13H2,1-2H3. The molecule has 0 aliphatic carbocycles. The molecule has 0 spiro atoms. The number of aromatic nitrogens is 2. The average molecular weight is 419 g/mol. The van der Waals surface area contributed by atoms with Crippen LogP contribution in [0.15, 0.2) is 24.3 Å². The third-order valence-corrected chi connectivity index (χ3v) is 6.55. The van der Waals surface area contributed by atoms with Gasteiger partial charge in [0.15, 0.2) is 0 Å². The fraction of sp³-hybridized carbons (Fsp3) is 0.571. The molecule has 3 heterocycles. The summed E-state index contributed by atoms with van der Waals surface area (Å²) >= 11 is 1.57. The van der Waals surface area contributed by atoms with E-state index in [2.05, 4.69) is 15.1 Å². The maximum atomic E-state index is 13.1. The first-order chi connectivity index (χ1) is 14.0. The van der Waals surface area contributed by atoms with Crippen LogP contribution in [0.1, 0.15) is 37.3 Å². The van der Waals surface area contributed by atoms with Gasteiger partial charge in [-0.15, -0.1) is 10.2 Å². The van der Waals surface area contributed by atoms with E-state index in [4.69, 9.17) is 4.74 Å². The third-order valence-electron chi connectivity index (χ3n) is 5.57. The zero-order valence-electron chi connectivity index (χ0n) is 16.9. The van der Waals surface area contributed by atoms with Gasteiger partial charge in [0, 0.05) is 38.5 Å². The maximum Gasteiger partial charge on any atom is 0.225 e. The monoisotopic (exact) mass is 418 g/mol. The van der Waals surface area contributed by atoms with Crippen molar-refractivity contribution in [1.82, 2.24) is 15.1 Å². The van der Waals surface area contributed by atoms with Crippen molar-refractivity contribution >= 4 is 22.4 Å². The lowest BCUT2D eigenvalue weighted by Gasteiger charge is -2.39. The summed E-state index contributed by atoms with van der Waals surface area (Å²) in [6, 6.07) is 6.49. The van der Waals surface area contributed by atoms with Gasteiger partial charge in [-0.1, -0.05) is 23.5 Å². The summed E-state index contributed by atoms with van der Waals surface area (Å²) in [5.74, 6) is 0.112. The quantitative estimate of drug-likeness (QED) is 0.764. The molecule has 2 aliphatic heterocycles. The van der Waals surface area contributed by atoms with Crippen molar-refractivity contribution in [2.24, 2.45) is 5.92 Å². The largest absolute Gasteiger partial charge is 0.372 e. The van der Waals surface area contributed by atoms with Crippen LogP contribution in [0, 0.1) is 11.7 Å². The molecule has 8 heteroatoms. The number of amides is 1. The first-order valence-electron chi connectivity index (χ1n) is 10.2. The summed E-state index contributed by atoms with van der Waals surface area (Å²) in [7, 11) is 0. The van der Waals surface area contributed by atoms with Crippen molar-refractivity contribution in [2.75, 3.05) is 31.1 Å². The van der Waals surface area contributed by atoms with Gasteiger partial charge in [0.05, 0.1) is 12.2 Å². The number of nitrogens with zero attached hydrogens (tertiary/aromatic N) is 4. The van der Waals surface area contributed by atoms with Gasteiger partial charge in [0.2, 0.25) is 11.0 Å². The van der Waals surface area contributed by atoms with Gasteiger partial charge < -0.3 is 14.5 Å². The molecule has 1 aromatic heterocycles. The highest BCUT2D eigenvalue weighted by Crippen LogP contribution is 2.28. The normalized spacial score (nSPS) is 23.4. The Bertz CT molecular complexity index is 825. The van der Waals surface area contributed by atoms with Crippen LogP contribution in [0.25, 0.3) is 0 Å². The smallest absolute Gasteiger partial charge is 0.225 e. The molecule has 2 fully saturated rings. The number of piperidine rings is 1. The Morgan fingerprint density at radius 3 is 2.45 bits per heavy atom. The molecule has 2 atom stereocenters. The fourth-order valence-corrected chi connectivity index (χ4v) is 5.08. The van der Waals surface area contributed by atoms with Crippen molar-refractivity contribution in [2.45, 2.75) is 45.3 Å². The lowest BCUT2D eigenvalue weighted by molar-refractivity contribution is -0.148. The second kappa shape index (κ2) is 8.75. The Balaban J connectivity index is 1.31. The van der Waals surface area contributed by atoms with Gasteiger partial charge in [-0.05, 0) is 44.4 Å². The van der Waals surface area contributed by atoms with Crippen molar-refractivity contribution in [3.8, 4) is 0 Å². The van der Waals surface area contributed by atoms with Gasteiger partial charge in [0.1, 0.15) is 10.8 Å². The van der Waals surface area contributed by atoms with Crippen molar-refractivity contribution in [3.63, 3.8) is 0 Å². The molecule has 2 aromatic rings. The zero-order chi connectivity index (χ0) is 20.4. The number of anilines is 1. The highest BCUT2D eigenvalue weighted by atomic mass is 32.1. The van der Waals surface area contributed by atoms with Gasteiger partial charge in [0.25, 0.3) is 0 Å². The van der Waals surface area contributed by atoms with Crippen LogP contribution >= 0.6 is 11.3 Å². The SMILES string of the molecule is CC1CN(C(=O)C2CCN(c3nnc(Cc4ccc(F)cc4)s3)CC2)CC(C)O1. The first kappa shape index (κ1) is 20.2. The van der Waals surface area contributed by atoms with E-state index in [0.717, 1.165) is 41.6 Å². The van der Waals surface area contributed by atoms with E-state index in [1.54, 1.807) is 23.5 Å². The lowest BCUT2D eigenvalue weighted by Crippen LogP contribution is -2.51. The summed E-state index contributed by atoms with van der Waals surface area (Å²) in [5.41, 5.74) is 1.02. The molecule has 2 saturated heterocycles. The van der Waals surface area contributed by atoms with Crippen LogP contribution in [0.4, 0.5) is 9.52 Å². The van der Waals surface area contributed by atoms with Crippen LogP contribution in [0.5, 0.6) is 0 Å². The van der Waals surface area contributed by atoms with Gasteiger partial charge in [-0.25, -0.2) is 4.39 Å². The number of hydrogen-bond acceptors (Lipinski definition) is 6. The van der Waals surface area contributed by atoms with Crippen LogP contribution in [-0.2, 0) is 16.0 Å². The molecule has 29 heavy (non-hydrogen) atoms. The van der Waals surface area contributed by atoms with Crippen LogP contribution in [0.2, 0.25) is 0 Å². The Hall–Kier alpha value is -2.06. The van der Waals surface area contributed by atoms with Crippen molar-refractivity contribution in [3.05, 3.63) is 40.7 Å². The van der Waals surface area contributed by atoms with E-state index < -0.39 is 0 Å². The maximum absolute atomic E-state index is 13.1. The molecule has 1 amide bonds. The Morgan fingerprint density at radius 1 is 1.14 bits per heavy atom. The van der Waals surface area contributed by atoms with Gasteiger partial charge in [-0.3, -0.25) is 4.79 Å². The number of carbonyl (C=O) groups is 1. The Morgan fingerprint density at radius 2 is 1.79 bits per heavy atom. The van der Waals surface area contributed by atoms with E-state index in [1.165, 1.54) is 12.1 Å². The van der Waals surface area contributed by atoms with Gasteiger partial charge in [-0.2, -0.15) is 0 Å². The fourth-order valence-electron chi connectivity index (χ4n) is 4.15. The molecule has 156 valence electrons. The molecule has 1 aromatic carbocycles. The molecule has 2 aliphatic rings. The molecule has 0 saturated carbocycles. The number of rotatable bonds is 4. The number of benzene rings is 1. The first-order valence-corrected chi connectivity index (χ1v) is 11.1. The van der Waals surface area contributed by atoms with E-state index in [1.807, 2.05) is 18.7 Å². The molecule has 0 radical (unpaired) electrons. The summed E-state index contributed by atoms with van der Waals surface area (Å²) in [5, 5.41) is 10.5. The van der Waals surface area contributed by atoms with Crippen LogP contribution in [-0.4, -0.2) is 59.4 Å². The number of ether oxygens (including phenoxy) is 1. The van der Waals surface area contributed by atoms with Crippen molar-refractivity contribution in [1.29, 1.82) is 0 Å². The predicted molar refractivity (Wildman–Crippen MR) is 111 cm³/mol. The van der Waals surface area contributed by atoms with Crippen LogP contribution < -0.4 is 4.90 Å². The van der Waals surface area contributed by atoms with E-state index in [9.17, 15) is 9.18 Å². The summed E-state index contributed by atoms with van der Waals surface area (Å²) < 4.78 is 18.8. The van der Waals surface area contributed by atoms with Gasteiger partial charge >= 0.3 is 0 Å². The Kier molecular flexibility index (Phi) is 6.10. The molecule has 0 bridgehead atoms. The molecular weight excluding hydrogens is 391 g/mol. The third kappa shape index (κ3) is 4.93. The number of hydrogen-bond donors (Lipinski definition) is 0. The van der Waals surface area contributed by atoms with Crippen molar-refractivity contribution < 1.29 is 13.9 Å². The predicted octanol–water partition coefficient (Wildman–Crippen LogP) is 3.12. The summed E-state index contributed by atoms with van der Waals surface area (Å²) in [6.07, 6.45) is 2.53. The lowest BCUT2D eigenvalue weighted by atomic mass is 9.95. The minimum atomic E-state index is -0.231. The van der Waals surface area contributed by atoms with E-state index >= 15 is 0 Å². The van der Waals surface area contributed by atoms with Crippen LogP contribution in [0.3, 0.4) is 0 Å². The topological polar surface area (TPSA) is 58.6 Å². The second-order valence-corrected chi connectivity index (χ2v) is 9.08. The molecule has 6 nitrogen and oxygen atoms in total. The van der Waals surface area contributed by atoms with E-state index in [-0.39, 0.29) is 29.9 Å². The van der Waals surface area contributed by atoms with E-state index in [0.29, 0.717) is 19.5 Å². The minimum absolute atomic E-state index is 0.0790. The Labute approximate surface area is 174 Å². The highest BCUT2D eigenvalue weighted by Gasteiger charge is 2.33. The molecule has 0 N–H and O–H groups in total. The number of carbonyl (C=O) groups excluding carboxylic acids is 1. The second-order valence-electron chi connectivity index (χ2n) is 8.04. The summed E-state index contributed by atoms with van der Waals surface area (Å²) in [4.78, 5) is 17.1. The number of morpholine rings is 1. The zero-order valence-corrected chi connectivity index (χ0v) is 17.7. The number of halogens is 1. The molecule has 2 unspecified atom stereocenters. The summed E-state index contributed by atoms with van der Waals surface area (Å²) in [6.45, 7) is 7.06. The minimum Gasteiger partial charge on any atom is -0.372 e. The molecule has 4 rings (SSSR count). The average Bonchev–Trinajstić information content (AvgIpc) is 3.17. The highest BCUT2D eigenvalue weighted by molar-refractivity contribution is 7.15.